The number of benzene rings is 1. The van der Waals surface area contributed by atoms with E-state index in [0.29, 0.717) is 31.1 Å². The topological polar surface area (TPSA) is 85.8 Å². The fourth-order valence-corrected chi connectivity index (χ4v) is 2.97. The van der Waals surface area contributed by atoms with E-state index in [-0.39, 0.29) is 36.5 Å². The lowest BCUT2D eigenvalue weighted by molar-refractivity contribution is 0.0954. The number of carbonyl (C=O) groups is 1. The summed E-state index contributed by atoms with van der Waals surface area (Å²) in [5, 5.41) is 18.5. The van der Waals surface area contributed by atoms with Crippen molar-refractivity contribution in [2.75, 3.05) is 32.8 Å². The smallest absolute Gasteiger partial charge is 0.251 e. The van der Waals surface area contributed by atoms with Crippen molar-refractivity contribution < 1.29 is 9.90 Å². The standard InChI is InChI=1S/C19H31BrN4O2.HI/c1-3-6-15(9-12-25)14-24-19(21-4-2)23-11-10-22-18(26)16-7-5-8-17(20)13-16;/h5,7-8,13,15,25H,3-4,6,9-12,14H2,1-2H3,(H,22,26)(H2,21,23,24);1H. The number of guanidine groups is 1. The normalized spacial score (nSPS) is 12.1. The highest BCUT2D eigenvalue weighted by atomic mass is 127. The Balaban J connectivity index is 0.00000676. The molecule has 0 saturated carbocycles. The number of amides is 1. The molecular weight excluding hydrogens is 523 g/mol. The van der Waals surface area contributed by atoms with Crippen LogP contribution in [0.2, 0.25) is 0 Å². The molecule has 1 aromatic rings. The molecule has 1 unspecified atom stereocenters. The third-order valence-corrected chi connectivity index (χ3v) is 4.37. The van der Waals surface area contributed by atoms with Crippen molar-refractivity contribution in [3.05, 3.63) is 34.3 Å². The summed E-state index contributed by atoms with van der Waals surface area (Å²) in [5.74, 6) is 1.04. The molecule has 1 rings (SSSR count). The monoisotopic (exact) mass is 554 g/mol. The van der Waals surface area contributed by atoms with E-state index in [9.17, 15) is 4.79 Å². The van der Waals surface area contributed by atoms with Crippen LogP contribution >= 0.6 is 39.9 Å². The number of nitrogens with one attached hydrogen (secondary N) is 3. The molecule has 8 heteroatoms. The van der Waals surface area contributed by atoms with E-state index >= 15 is 0 Å². The lowest BCUT2D eigenvalue weighted by Gasteiger charge is -2.15. The van der Waals surface area contributed by atoms with E-state index in [0.717, 1.165) is 36.2 Å². The van der Waals surface area contributed by atoms with Crippen LogP contribution in [0.15, 0.2) is 33.7 Å². The van der Waals surface area contributed by atoms with Crippen LogP contribution in [-0.2, 0) is 0 Å². The van der Waals surface area contributed by atoms with E-state index in [4.69, 9.17) is 5.11 Å². The van der Waals surface area contributed by atoms with Crippen LogP contribution in [0.3, 0.4) is 0 Å². The van der Waals surface area contributed by atoms with Crippen molar-refractivity contribution >= 4 is 51.8 Å². The van der Waals surface area contributed by atoms with Gasteiger partial charge in [0.1, 0.15) is 0 Å². The number of rotatable bonds is 11. The molecule has 0 aromatic heterocycles. The lowest BCUT2D eigenvalue weighted by Crippen LogP contribution is -2.41. The minimum atomic E-state index is -0.0963. The Labute approximate surface area is 188 Å². The molecule has 1 atom stereocenters. The second kappa shape index (κ2) is 16.1. The van der Waals surface area contributed by atoms with Gasteiger partial charge < -0.3 is 21.1 Å². The number of carbonyl (C=O) groups excluding carboxylic acids is 1. The zero-order valence-electron chi connectivity index (χ0n) is 16.1. The third kappa shape index (κ3) is 11.5. The Morgan fingerprint density at radius 3 is 2.56 bits per heavy atom. The highest BCUT2D eigenvalue weighted by molar-refractivity contribution is 14.0. The minimum Gasteiger partial charge on any atom is -0.396 e. The van der Waals surface area contributed by atoms with Gasteiger partial charge in [0.05, 0.1) is 0 Å². The molecule has 27 heavy (non-hydrogen) atoms. The fraction of sp³-hybridized carbons (Fsp3) is 0.579. The number of halogens is 2. The molecule has 0 aliphatic heterocycles. The molecule has 1 aromatic carbocycles. The van der Waals surface area contributed by atoms with Crippen LogP contribution in [0.4, 0.5) is 0 Å². The largest absolute Gasteiger partial charge is 0.396 e. The van der Waals surface area contributed by atoms with Crippen molar-refractivity contribution in [1.82, 2.24) is 16.0 Å². The van der Waals surface area contributed by atoms with Gasteiger partial charge >= 0.3 is 0 Å². The molecule has 0 aliphatic rings. The van der Waals surface area contributed by atoms with Gasteiger partial charge in [-0.2, -0.15) is 0 Å². The number of aliphatic hydroxyl groups excluding tert-OH is 1. The summed E-state index contributed by atoms with van der Waals surface area (Å²) >= 11 is 3.37. The molecule has 0 saturated heterocycles. The number of nitrogens with zero attached hydrogens (tertiary/aromatic N) is 1. The molecule has 4 N–H and O–H groups in total. The second-order valence-electron chi connectivity index (χ2n) is 6.08. The van der Waals surface area contributed by atoms with Crippen LogP contribution in [0.5, 0.6) is 0 Å². The molecule has 0 aliphatic carbocycles. The molecule has 0 heterocycles. The predicted octanol–water partition coefficient (Wildman–Crippen LogP) is 3.15. The number of aliphatic hydroxyl groups is 1. The van der Waals surface area contributed by atoms with Crippen LogP contribution in [0, 0.1) is 5.92 Å². The Morgan fingerprint density at radius 1 is 1.19 bits per heavy atom. The van der Waals surface area contributed by atoms with Crippen LogP contribution in [0.1, 0.15) is 43.5 Å². The summed E-state index contributed by atoms with van der Waals surface area (Å²) in [7, 11) is 0. The molecule has 0 radical (unpaired) electrons. The Bertz CT molecular complexity index is 566. The number of hydrogen-bond donors (Lipinski definition) is 4. The first kappa shape index (κ1) is 26.1. The minimum absolute atomic E-state index is 0. The predicted molar refractivity (Wildman–Crippen MR) is 126 cm³/mol. The van der Waals surface area contributed by atoms with Gasteiger partial charge in [0.15, 0.2) is 5.96 Å². The lowest BCUT2D eigenvalue weighted by atomic mass is 10.0. The van der Waals surface area contributed by atoms with Crippen molar-refractivity contribution in [1.29, 1.82) is 0 Å². The van der Waals surface area contributed by atoms with Crippen molar-refractivity contribution in [2.45, 2.75) is 33.1 Å². The average Bonchev–Trinajstić information content (AvgIpc) is 2.63. The van der Waals surface area contributed by atoms with E-state index < -0.39 is 0 Å². The SMILES string of the molecule is CCCC(CCO)CN=C(NCC)NCCNC(=O)c1cccc(Br)c1.I. The van der Waals surface area contributed by atoms with Gasteiger partial charge in [0.25, 0.3) is 5.91 Å². The first-order valence-electron chi connectivity index (χ1n) is 9.27. The number of aliphatic imine (C=N–C) groups is 1. The van der Waals surface area contributed by atoms with Crippen molar-refractivity contribution in [3.8, 4) is 0 Å². The van der Waals surface area contributed by atoms with Crippen LogP contribution < -0.4 is 16.0 Å². The first-order valence-corrected chi connectivity index (χ1v) is 10.1. The fourth-order valence-electron chi connectivity index (χ4n) is 2.57. The van der Waals surface area contributed by atoms with Crippen LogP contribution in [-0.4, -0.2) is 49.8 Å². The van der Waals surface area contributed by atoms with E-state index in [1.54, 1.807) is 12.1 Å². The first-order chi connectivity index (χ1) is 12.6. The van der Waals surface area contributed by atoms with Crippen LogP contribution in [0.25, 0.3) is 0 Å². The molecule has 0 bridgehead atoms. The van der Waals surface area contributed by atoms with Crippen molar-refractivity contribution in [3.63, 3.8) is 0 Å². The Kier molecular flexibility index (Phi) is 15.6. The maximum atomic E-state index is 12.1. The zero-order valence-corrected chi connectivity index (χ0v) is 20.0. The van der Waals surface area contributed by atoms with Gasteiger partial charge in [-0.15, -0.1) is 24.0 Å². The second-order valence-corrected chi connectivity index (χ2v) is 7.00. The summed E-state index contributed by atoms with van der Waals surface area (Å²) in [6, 6.07) is 7.31. The highest BCUT2D eigenvalue weighted by Gasteiger charge is 2.08. The van der Waals surface area contributed by atoms with Gasteiger partial charge in [-0.05, 0) is 43.9 Å². The maximum absolute atomic E-state index is 12.1. The highest BCUT2D eigenvalue weighted by Crippen LogP contribution is 2.11. The summed E-state index contributed by atoms with van der Waals surface area (Å²) in [6.45, 7) is 6.92. The maximum Gasteiger partial charge on any atom is 0.251 e. The van der Waals surface area contributed by atoms with Gasteiger partial charge in [0.2, 0.25) is 0 Å². The van der Waals surface area contributed by atoms with Gasteiger partial charge in [-0.3, -0.25) is 9.79 Å². The molecular formula is C19H32BrIN4O2. The quantitative estimate of drug-likeness (QED) is 0.146. The third-order valence-electron chi connectivity index (χ3n) is 3.88. The Morgan fingerprint density at radius 2 is 1.93 bits per heavy atom. The zero-order chi connectivity index (χ0) is 19.2. The molecule has 6 nitrogen and oxygen atoms in total. The summed E-state index contributed by atoms with van der Waals surface area (Å²) in [5.41, 5.74) is 0.631. The van der Waals surface area contributed by atoms with E-state index in [1.807, 2.05) is 19.1 Å². The number of hydrogen-bond acceptors (Lipinski definition) is 3. The van der Waals surface area contributed by atoms with Gasteiger partial charge in [-0.1, -0.05) is 35.3 Å². The summed E-state index contributed by atoms with van der Waals surface area (Å²) < 4.78 is 0.884. The van der Waals surface area contributed by atoms with Gasteiger partial charge in [-0.25, -0.2) is 0 Å². The van der Waals surface area contributed by atoms with Gasteiger partial charge in [0, 0.05) is 42.8 Å². The Hall–Kier alpha value is -0.870. The summed E-state index contributed by atoms with van der Waals surface area (Å²) in [6.07, 6.45) is 2.93. The molecule has 0 fully saturated rings. The molecule has 154 valence electrons. The average molecular weight is 555 g/mol. The van der Waals surface area contributed by atoms with Crippen molar-refractivity contribution in [2.24, 2.45) is 10.9 Å². The molecule has 0 spiro atoms. The molecule has 1 amide bonds. The summed E-state index contributed by atoms with van der Waals surface area (Å²) in [4.78, 5) is 16.7. The van der Waals surface area contributed by atoms with E-state index in [2.05, 4.69) is 43.8 Å². The van der Waals surface area contributed by atoms with E-state index in [1.165, 1.54) is 0 Å².